The molecule has 17 heavy (non-hydrogen) atoms. The average Bonchev–Trinajstić information content (AvgIpc) is 2.31. The van der Waals surface area contributed by atoms with Crippen LogP contribution in [0.5, 0.6) is 0 Å². The number of piperazine rings is 1. The van der Waals surface area contributed by atoms with Crippen LogP contribution in [0.25, 0.3) is 0 Å². The van der Waals surface area contributed by atoms with Gasteiger partial charge in [-0.25, -0.2) is 0 Å². The van der Waals surface area contributed by atoms with Gasteiger partial charge in [0.1, 0.15) is 0 Å². The Morgan fingerprint density at radius 1 is 1.00 bits per heavy atom. The minimum absolute atomic E-state index is 0.314. The minimum atomic E-state index is 0.314. The van der Waals surface area contributed by atoms with Crippen LogP contribution in [0.2, 0.25) is 0 Å². The SMILES string of the molecule is CC1(C)CC(C)(C)N2CCN(C(C)(C)C)CC21. The first-order valence-electron chi connectivity index (χ1n) is 7.06. The van der Waals surface area contributed by atoms with E-state index in [0.29, 0.717) is 16.5 Å². The predicted molar refractivity (Wildman–Crippen MR) is 74.3 cm³/mol. The van der Waals surface area contributed by atoms with Crippen molar-refractivity contribution in [1.29, 1.82) is 0 Å². The quantitative estimate of drug-likeness (QED) is 0.640. The normalized spacial score (nSPS) is 33.7. The summed E-state index contributed by atoms with van der Waals surface area (Å²) >= 11 is 0. The van der Waals surface area contributed by atoms with Crippen molar-refractivity contribution >= 4 is 0 Å². The van der Waals surface area contributed by atoms with Crippen LogP contribution in [0.15, 0.2) is 0 Å². The number of hydrogen-bond acceptors (Lipinski definition) is 2. The largest absolute Gasteiger partial charge is 0.296 e. The molecule has 0 N–H and O–H groups in total. The number of nitrogens with zero attached hydrogens (tertiary/aromatic N) is 2. The highest BCUT2D eigenvalue weighted by Gasteiger charge is 2.52. The van der Waals surface area contributed by atoms with E-state index >= 15 is 0 Å². The van der Waals surface area contributed by atoms with Crippen LogP contribution in [0.4, 0.5) is 0 Å². The van der Waals surface area contributed by atoms with E-state index in [1.54, 1.807) is 0 Å². The first-order chi connectivity index (χ1) is 7.54. The maximum atomic E-state index is 2.76. The number of fused-ring (bicyclic) bond motifs is 1. The maximum Gasteiger partial charge on any atom is 0.0280 e. The molecule has 100 valence electrons. The van der Waals surface area contributed by atoms with Crippen molar-refractivity contribution in [3.63, 3.8) is 0 Å². The van der Waals surface area contributed by atoms with Crippen LogP contribution < -0.4 is 0 Å². The van der Waals surface area contributed by atoms with Gasteiger partial charge in [-0.05, 0) is 46.5 Å². The van der Waals surface area contributed by atoms with Crippen molar-refractivity contribution in [2.24, 2.45) is 5.41 Å². The second-order valence-electron chi connectivity index (χ2n) is 8.30. The van der Waals surface area contributed by atoms with Crippen molar-refractivity contribution in [3.8, 4) is 0 Å². The molecule has 0 aromatic carbocycles. The van der Waals surface area contributed by atoms with Gasteiger partial charge in [0.15, 0.2) is 0 Å². The van der Waals surface area contributed by atoms with Gasteiger partial charge in [0.05, 0.1) is 0 Å². The monoisotopic (exact) mass is 238 g/mol. The average molecular weight is 238 g/mol. The Morgan fingerprint density at radius 2 is 1.59 bits per heavy atom. The fourth-order valence-electron chi connectivity index (χ4n) is 4.12. The Hall–Kier alpha value is -0.0800. The summed E-state index contributed by atoms with van der Waals surface area (Å²) in [5.41, 5.74) is 1.15. The highest BCUT2D eigenvalue weighted by molar-refractivity contribution is 5.08. The molecule has 1 unspecified atom stereocenters. The van der Waals surface area contributed by atoms with Crippen LogP contribution >= 0.6 is 0 Å². The summed E-state index contributed by atoms with van der Waals surface area (Å²) in [5, 5.41) is 0. The summed E-state index contributed by atoms with van der Waals surface area (Å²) in [4.78, 5) is 5.42. The second kappa shape index (κ2) is 3.71. The molecule has 0 bridgehead atoms. The number of hydrogen-bond donors (Lipinski definition) is 0. The summed E-state index contributed by atoms with van der Waals surface area (Å²) in [6.07, 6.45) is 1.32. The molecule has 2 aliphatic heterocycles. The molecular formula is C15H30N2. The van der Waals surface area contributed by atoms with Crippen molar-refractivity contribution in [3.05, 3.63) is 0 Å². The molecule has 0 saturated carbocycles. The lowest BCUT2D eigenvalue weighted by Gasteiger charge is -2.49. The van der Waals surface area contributed by atoms with Gasteiger partial charge in [-0.15, -0.1) is 0 Å². The minimum Gasteiger partial charge on any atom is -0.296 e. The summed E-state index contributed by atoms with van der Waals surface area (Å²) in [7, 11) is 0. The molecular weight excluding hydrogens is 208 g/mol. The van der Waals surface area contributed by atoms with E-state index in [0.717, 1.165) is 6.04 Å². The van der Waals surface area contributed by atoms with Gasteiger partial charge in [0.25, 0.3) is 0 Å². The Labute approximate surface area is 107 Å². The van der Waals surface area contributed by atoms with Gasteiger partial charge in [-0.3, -0.25) is 9.80 Å². The van der Waals surface area contributed by atoms with Gasteiger partial charge in [-0.1, -0.05) is 13.8 Å². The Balaban J connectivity index is 2.20. The summed E-state index contributed by atoms with van der Waals surface area (Å²) < 4.78 is 0. The molecule has 0 spiro atoms. The third-order valence-corrected chi connectivity index (χ3v) is 4.90. The number of rotatable bonds is 0. The molecule has 2 saturated heterocycles. The molecule has 0 amide bonds. The Kier molecular flexibility index (Phi) is 2.91. The van der Waals surface area contributed by atoms with Gasteiger partial charge in [-0.2, -0.15) is 0 Å². The topological polar surface area (TPSA) is 6.48 Å². The second-order valence-corrected chi connectivity index (χ2v) is 8.30. The van der Waals surface area contributed by atoms with Crippen LogP contribution in [-0.4, -0.2) is 46.6 Å². The first-order valence-corrected chi connectivity index (χ1v) is 7.06. The predicted octanol–water partition coefficient (Wildman–Crippen LogP) is 2.98. The fraction of sp³-hybridized carbons (Fsp3) is 1.00. The van der Waals surface area contributed by atoms with Gasteiger partial charge >= 0.3 is 0 Å². The standard InChI is InChI=1S/C15H30N2/c1-13(2,3)16-8-9-17-12(10-16)14(4,5)11-15(17,6)7/h12H,8-11H2,1-7H3. The third kappa shape index (κ3) is 2.26. The van der Waals surface area contributed by atoms with Crippen molar-refractivity contribution in [1.82, 2.24) is 9.80 Å². The van der Waals surface area contributed by atoms with Gasteiger partial charge in [0.2, 0.25) is 0 Å². The molecule has 0 radical (unpaired) electrons. The van der Waals surface area contributed by atoms with Crippen LogP contribution in [0.3, 0.4) is 0 Å². The Morgan fingerprint density at radius 3 is 2.12 bits per heavy atom. The molecule has 0 aliphatic carbocycles. The fourth-order valence-corrected chi connectivity index (χ4v) is 4.12. The van der Waals surface area contributed by atoms with Crippen LogP contribution in [0.1, 0.15) is 54.9 Å². The lowest BCUT2D eigenvalue weighted by atomic mass is 9.80. The molecule has 2 rings (SSSR count). The van der Waals surface area contributed by atoms with E-state index < -0.39 is 0 Å². The van der Waals surface area contributed by atoms with Gasteiger partial charge in [0, 0.05) is 36.8 Å². The lowest BCUT2D eigenvalue weighted by molar-refractivity contribution is -0.0102. The van der Waals surface area contributed by atoms with E-state index in [9.17, 15) is 0 Å². The smallest absolute Gasteiger partial charge is 0.0280 e. The lowest BCUT2D eigenvalue weighted by Crippen LogP contribution is -2.61. The highest BCUT2D eigenvalue weighted by Crippen LogP contribution is 2.47. The highest BCUT2D eigenvalue weighted by atomic mass is 15.4. The van der Waals surface area contributed by atoms with Crippen molar-refractivity contribution in [2.45, 2.75) is 72.0 Å². The summed E-state index contributed by atoms with van der Waals surface area (Å²) in [5.74, 6) is 0. The van der Waals surface area contributed by atoms with E-state index in [4.69, 9.17) is 0 Å². The van der Waals surface area contributed by atoms with Crippen molar-refractivity contribution in [2.75, 3.05) is 19.6 Å². The summed E-state index contributed by atoms with van der Waals surface area (Å²) in [6, 6.07) is 0.727. The van der Waals surface area contributed by atoms with Crippen LogP contribution in [-0.2, 0) is 0 Å². The molecule has 1 atom stereocenters. The van der Waals surface area contributed by atoms with E-state index in [1.807, 2.05) is 0 Å². The molecule has 2 nitrogen and oxygen atoms in total. The van der Waals surface area contributed by atoms with Crippen LogP contribution in [0, 0.1) is 5.41 Å². The first kappa shape index (κ1) is 13.4. The zero-order chi connectivity index (χ0) is 13.1. The molecule has 2 aliphatic rings. The van der Waals surface area contributed by atoms with E-state index in [-0.39, 0.29) is 0 Å². The van der Waals surface area contributed by atoms with E-state index in [1.165, 1.54) is 26.1 Å². The van der Waals surface area contributed by atoms with Gasteiger partial charge < -0.3 is 0 Å². The molecule has 2 heterocycles. The Bertz CT molecular complexity index is 299. The molecule has 2 heteroatoms. The molecule has 0 aromatic heterocycles. The maximum absolute atomic E-state index is 2.76. The van der Waals surface area contributed by atoms with Crippen molar-refractivity contribution < 1.29 is 0 Å². The zero-order valence-electron chi connectivity index (χ0n) is 12.8. The molecule has 0 aromatic rings. The zero-order valence-corrected chi connectivity index (χ0v) is 12.8. The summed E-state index contributed by atoms with van der Waals surface area (Å²) in [6.45, 7) is 20.5. The van der Waals surface area contributed by atoms with E-state index in [2.05, 4.69) is 58.3 Å². The molecule has 2 fully saturated rings. The third-order valence-electron chi connectivity index (χ3n) is 4.90.